The van der Waals surface area contributed by atoms with E-state index in [1.54, 1.807) is 12.1 Å². The molecule has 1 unspecified atom stereocenters. The zero-order valence-electron chi connectivity index (χ0n) is 14.1. The smallest absolute Gasteiger partial charge is 0.387 e. The van der Waals surface area contributed by atoms with E-state index in [4.69, 9.17) is 12.2 Å². The van der Waals surface area contributed by atoms with Gasteiger partial charge in [0.2, 0.25) is 0 Å². The Bertz CT molecular complexity index is 666. The van der Waals surface area contributed by atoms with Crippen LogP contribution in [0.15, 0.2) is 54.6 Å². The molecule has 2 aromatic rings. The first-order valence-corrected chi connectivity index (χ1v) is 8.17. The topological polar surface area (TPSA) is 36.5 Å². The second kappa shape index (κ2) is 9.29. The molecule has 0 aliphatic heterocycles. The lowest BCUT2D eigenvalue weighted by Crippen LogP contribution is -2.36. The van der Waals surface area contributed by atoms with Crippen LogP contribution >= 0.6 is 12.2 Å². The molecule has 2 N–H and O–H groups in total. The number of thiocarbonyl (C=S) groups is 1. The number of hydrogen-bond acceptors (Lipinski definition) is 3. The lowest BCUT2D eigenvalue weighted by Gasteiger charge is -2.25. The number of alkyl halides is 2. The lowest BCUT2D eigenvalue weighted by atomic mass is 10.1. The quantitative estimate of drug-likeness (QED) is 0.729. The highest BCUT2D eigenvalue weighted by Crippen LogP contribution is 2.18. The number of hydrogen-bond donors (Lipinski definition) is 2. The van der Waals surface area contributed by atoms with Gasteiger partial charge in [-0.2, -0.15) is 8.78 Å². The second-order valence-corrected chi connectivity index (χ2v) is 6.04. The molecule has 2 rings (SSSR count). The van der Waals surface area contributed by atoms with Gasteiger partial charge < -0.3 is 20.3 Å². The molecule has 0 aromatic heterocycles. The molecule has 134 valence electrons. The van der Waals surface area contributed by atoms with Gasteiger partial charge in [0.15, 0.2) is 5.11 Å². The van der Waals surface area contributed by atoms with Crippen molar-refractivity contribution in [2.24, 2.45) is 0 Å². The fraction of sp³-hybridized carbons (Fsp3) is 0.278. The Morgan fingerprint density at radius 3 is 2.28 bits per heavy atom. The number of ether oxygens (including phenoxy) is 1. The fourth-order valence-electron chi connectivity index (χ4n) is 2.36. The minimum atomic E-state index is -2.83. The number of benzene rings is 2. The van der Waals surface area contributed by atoms with Crippen LogP contribution in [0.2, 0.25) is 0 Å². The van der Waals surface area contributed by atoms with Crippen LogP contribution in [0.5, 0.6) is 5.75 Å². The van der Waals surface area contributed by atoms with Gasteiger partial charge in [-0.1, -0.05) is 30.3 Å². The van der Waals surface area contributed by atoms with E-state index in [9.17, 15) is 8.78 Å². The Morgan fingerprint density at radius 2 is 1.72 bits per heavy atom. The summed E-state index contributed by atoms with van der Waals surface area (Å²) in [4.78, 5) is 2.11. The SMILES string of the molecule is CN(C)C(CNC(=S)Nc1ccc(OC(F)F)cc1)c1ccccc1. The molecule has 0 radical (unpaired) electrons. The number of likely N-dealkylation sites (N-methyl/N-ethyl adjacent to an activating group) is 1. The third-order valence-electron chi connectivity index (χ3n) is 3.60. The summed E-state index contributed by atoms with van der Waals surface area (Å²) in [5.74, 6) is 0.108. The summed E-state index contributed by atoms with van der Waals surface area (Å²) >= 11 is 5.30. The highest BCUT2D eigenvalue weighted by molar-refractivity contribution is 7.80. The standard InChI is InChI=1S/C18H21F2N3OS/c1-23(2)16(13-6-4-3-5-7-13)12-21-18(25)22-14-8-10-15(11-9-14)24-17(19)20/h3-11,16-17H,12H2,1-2H3,(H2,21,22,25). The number of rotatable bonds is 7. The third kappa shape index (κ3) is 6.28. The van der Waals surface area contributed by atoms with Crippen LogP contribution in [-0.4, -0.2) is 37.3 Å². The van der Waals surface area contributed by atoms with E-state index in [1.807, 2.05) is 32.3 Å². The van der Waals surface area contributed by atoms with Gasteiger partial charge in [-0.05, 0) is 56.1 Å². The lowest BCUT2D eigenvalue weighted by molar-refractivity contribution is -0.0498. The Morgan fingerprint density at radius 1 is 1.08 bits per heavy atom. The highest BCUT2D eigenvalue weighted by atomic mass is 32.1. The summed E-state index contributed by atoms with van der Waals surface area (Å²) in [5, 5.41) is 6.68. The molecule has 2 aromatic carbocycles. The first-order valence-electron chi connectivity index (χ1n) is 7.77. The molecular formula is C18H21F2N3OS. The highest BCUT2D eigenvalue weighted by Gasteiger charge is 2.14. The number of nitrogens with zero attached hydrogens (tertiary/aromatic N) is 1. The molecule has 0 aliphatic carbocycles. The van der Waals surface area contributed by atoms with Gasteiger partial charge in [0.25, 0.3) is 0 Å². The van der Waals surface area contributed by atoms with Crippen molar-refractivity contribution in [3.8, 4) is 5.75 Å². The molecule has 0 bridgehead atoms. The average Bonchev–Trinajstić information content (AvgIpc) is 2.57. The molecule has 0 fully saturated rings. The molecule has 0 heterocycles. The Hall–Kier alpha value is -2.25. The van der Waals surface area contributed by atoms with Crippen LogP contribution in [0.3, 0.4) is 0 Å². The normalized spacial score (nSPS) is 12.1. The molecule has 7 heteroatoms. The summed E-state index contributed by atoms with van der Waals surface area (Å²) in [6.07, 6.45) is 0. The van der Waals surface area contributed by atoms with Crippen LogP contribution in [0.1, 0.15) is 11.6 Å². The monoisotopic (exact) mass is 365 g/mol. The van der Waals surface area contributed by atoms with Crippen molar-refractivity contribution in [3.05, 3.63) is 60.2 Å². The Balaban J connectivity index is 1.89. The van der Waals surface area contributed by atoms with Crippen molar-refractivity contribution in [2.45, 2.75) is 12.7 Å². The van der Waals surface area contributed by atoms with Gasteiger partial charge in [-0.3, -0.25) is 0 Å². The van der Waals surface area contributed by atoms with E-state index in [-0.39, 0.29) is 11.8 Å². The minimum absolute atomic E-state index is 0.108. The van der Waals surface area contributed by atoms with Crippen molar-refractivity contribution >= 4 is 23.0 Å². The maximum atomic E-state index is 12.1. The Kier molecular flexibility index (Phi) is 7.09. The second-order valence-electron chi connectivity index (χ2n) is 5.63. The van der Waals surface area contributed by atoms with Crippen molar-refractivity contribution in [2.75, 3.05) is 26.0 Å². The average molecular weight is 365 g/mol. The first kappa shape index (κ1) is 19.1. The van der Waals surface area contributed by atoms with Crippen LogP contribution in [0.25, 0.3) is 0 Å². The molecule has 25 heavy (non-hydrogen) atoms. The van der Waals surface area contributed by atoms with Gasteiger partial charge in [-0.25, -0.2) is 0 Å². The van der Waals surface area contributed by atoms with Gasteiger partial charge in [-0.15, -0.1) is 0 Å². The maximum absolute atomic E-state index is 12.1. The molecule has 1 atom stereocenters. The summed E-state index contributed by atoms with van der Waals surface area (Å²) in [7, 11) is 4.02. The molecule has 0 amide bonds. The summed E-state index contributed by atoms with van der Waals surface area (Å²) in [5.41, 5.74) is 1.89. The number of halogens is 2. The summed E-state index contributed by atoms with van der Waals surface area (Å²) < 4.78 is 28.6. The van der Waals surface area contributed by atoms with E-state index in [0.717, 1.165) is 0 Å². The predicted octanol–water partition coefficient (Wildman–Crippen LogP) is 3.88. The van der Waals surface area contributed by atoms with Gasteiger partial charge in [0.1, 0.15) is 5.75 Å². The molecule has 0 saturated heterocycles. The molecule has 0 aliphatic rings. The predicted molar refractivity (Wildman–Crippen MR) is 100 cm³/mol. The van der Waals surface area contributed by atoms with E-state index < -0.39 is 6.61 Å². The first-order chi connectivity index (χ1) is 12.0. The summed E-state index contributed by atoms with van der Waals surface area (Å²) in [6.45, 7) is -2.20. The van der Waals surface area contributed by atoms with Crippen molar-refractivity contribution in [1.82, 2.24) is 10.2 Å². The van der Waals surface area contributed by atoms with E-state index in [2.05, 4.69) is 32.4 Å². The zero-order chi connectivity index (χ0) is 18.2. The zero-order valence-corrected chi connectivity index (χ0v) is 14.9. The van der Waals surface area contributed by atoms with E-state index in [0.29, 0.717) is 17.3 Å². The van der Waals surface area contributed by atoms with Crippen LogP contribution in [0.4, 0.5) is 14.5 Å². The van der Waals surface area contributed by atoms with Crippen molar-refractivity contribution in [3.63, 3.8) is 0 Å². The Labute approximate surface area is 151 Å². The largest absolute Gasteiger partial charge is 0.435 e. The summed E-state index contributed by atoms with van der Waals surface area (Å²) in [6, 6.07) is 16.5. The molecule has 4 nitrogen and oxygen atoms in total. The van der Waals surface area contributed by atoms with Crippen LogP contribution < -0.4 is 15.4 Å². The molecule has 0 spiro atoms. The van der Waals surface area contributed by atoms with Crippen molar-refractivity contribution in [1.29, 1.82) is 0 Å². The van der Waals surface area contributed by atoms with Gasteiger partial charge in [0, 0.05) is 12.2 Å². The van der Waals surface area contributed by atoms with Gasteiger partial charge in [0.05, 0.1) is 6.04 Å². The minimum Gasteiger partial charge on any atom is -0.435 e. The van der Waals surface area contributed by atoms with E-state index >= 15 is 0 Å². The van der Waals surface area contributed by atoms with Gasteiger partial charge >= 0.3 is 6.61 Å². The number of nitrogens with one attached hydrogen (secondary N) is 2. The van der Waals surface area contributed by atoms with Crippen LogP contribution in [-0.2, 0) is 0 Å². The third-order valence-corrected chi connectivity index (χ3v) is 3.85. The van der Waals surface area contributed by atoms with Crippen molar-refractivity contribution < 1.29 is 13.5 Å². The van der Waals surface area contributed by atoms with E-state index in [1.165, 1.54) is 17.7 Å². The maximum Gasteiger partial charge on any atom is 0.387 e. The molecule has 0 saturated carbocycles. The van der Waals surface area contributed by atoms with Crippen LogP contribution in [0, 0.1) is 0 Å². The molecular weight excluding hydrogens is 344 g/mol. The fourth-order valence-corrected chi connectivity index (χ4v) is 2.56. The number of anilines is 1.